The number of nitrogens with one attached hydrogen (secondary N) is 2. The molecule has 1 aromatic carbocycles. The maximum atomic E-state index is 12.7. The first-order valence-electron chi connectivity index (χ1n) is 8.83. The molecular formula is C19H25ClN4O. The summed E-state index contributed by atoms with van der Waals surface area (Å²) in [5.74, 6) is -0.0228. The molecule has 2 heterocycles. The molecule has 1 amide bonds. The van der Waals surface area contributed by atoms with Gasteiger partial charge in [-0.15, -0.1) is 12.4 Å². The summed E-state index contributed by atoms with van der Waals surface area (Å²) in [6.07, 6.45) is 4.04. The molecule has 5 nitrogen and oxygen atoms in total. The van der Waals surface area contributed by atoms with Crippen LogP contribution in [0.2, 0.25) is 0 Å². The van der Waals surface area contributed by atoms with E-state index in [1.165, 1.54) is 16.8 Å². The first-order chi connectivity index (χ1) is 11.6. The number of amides is 1. The van der Waals surface area contributed by atoms with Crippen molar-refractivity contribution in [3.8, 4) is 5.69 Å². The fourth-order valence-electron chi connectivity index (χ4n) is 3.89. The zero-order valence-electron chi connectivity index (χ0n) is 14.8. The molecule has 1 saturated heterocycles. The third kappa shape index (κ3) is 3.31. The summed E-state index contributed by atoms with van der Waals surface area (Å²) in [7, 11) is 0. The van der Waals surface area contributed by atoms with Crippen molar-refractivity contribution in [2.24, 2.45) is 0 Å². The van der Waals surface area contributed by atoms with E-state index in [-0.39, 0.29) is 24.4 Å². The number of carbonyl (C=O) groups excluding carboxylic acids is 1. The van der Waals surface area contributed by atoms with Gasteiger partial charge in [0.1, 0.15) is 0 Å². The predicted molar refractivity (Wildman–Crippen MR) is 101 cm³/mol. The lowest BCUT2D eigenvalue weighted by Gasteiger charge is -2.11. The molecule has 4 rings (SSSR count). The van der Waals surface area contributed by atoms with Crippen LogP contribution in [-0.4, -0.2) is 34.8 Å². The van der Waals surface area contributed by atoms with Crippen molar-refractivity contribution in [1.82, 2.24) is 20.4 Å². The normalized spacial score (nSPS) is 18.7. The maximum absolute atomic E-state index is 12.7. The monoisotopic (exact) mass is 360 g/mol. The van der Waals surface area contributed by atoms with Gasteiger partial charge in [0.25, 0.3) is 5.91 Å². The van der Waals surface area contributed by atoms with Crippen LogP contribution >= 0.6 is 12.4 Å². The standard InChI is InChI=1S/C19H24N4O.ClH/c1-12-6-7-16(13(2)10-12)23-17-5-3-4-15(17)18(22-23)19(24)21-14-8-9-20-11-14;/h6-7,10,14,20H,3-5,8-9,11H2,1-2H3,(H,21,24);1H. The Morgan fingerprint density at radius 2 is 2.16 bits per heavy atom. The number of benzene rings is 1. The van der Waals surface area contributed by atoms with E-state index in [4.69, 9.17) is 5.10 Å². The molecule has 0 spiro atoms. The van der Waals surface area contributed by atoms with E-state index in [1.807, 2.05) is 4.68 Å². The summed E-state index contributed by atoms with van der Waals surface area (Å²) in [5.41, 5.74) is 6.48. The summed E-state index contributed by atoms with van der Waals surface area (Å²) in [4.78, 5) is 12.7. The molecule has 1 unspecified atom stereocenters. The van der Waals surface area contributed by atoms with Gasteiger partial charge in [-0.3, -0.25) is 4.79 Å². The summed E-state index contributed by atoms with van der Waals surface area (Å²) in [5, 5.41) is 11.1. The van der Waals surface area contributed by atoms with Gasteiger partial charge >= 0.3 is 0 Å². The van der Waals surface area contributed by atoms with Gasteiger partial charge < -0.3 is 10.6 Å². The van der Waals surface area contributed by atoms with Gasteiger partial charge in [0.05, 0.1) is 5.69 Å². The number of carbonyl (C=O) groups is 1. The molecule has 1 atom stereocenters. The Labute approximate surface area is 154 Å². The molecule has 1 aliphatic carbocycles. The van der Waals surface area contributed by atoms with Gasteiger partial charge in [-0.2, -0.15) is 5.10 Å². The molecule has 2 N–H and O–H groups in total. The summed E-state index contributed by atoms with van der Waals surface area (Å²) < 4.78 is 2.00. The molecule has 1 aromatic heterocycles. The molecule has 1 fully saturated rings. The van der Waals surface area contributed by atoms with Gasteiger partial charge in [-0.1, -0.05) is 17.7 Å². The average Bonchev–Trinajstić information content (AvgIpc) is 3.24. The Morgan fingerprint density at radius 3 is 2.88 bits per heavy atom. The van der Waals surface area contributed by atoms with Crippen LogP contribution in [0.3, 0.4) is 0 Å². The molecule has 0 saturated carbocycles. The quantitative estimate of drug-likeness (QED) is 0.884. The van der Waals surface area contributed by atoms with Crippen LogP contribution in [0.15, 0.2) is 18.2 Å². The van der Waals surface area contributed by atoms with Gasteiger partial charge in [0.2, 0.25) is 0 Å². The molecule has 134 valence electrons. The lowest BCUT2D eigenvalue weighted by molar-refractivity contribution is 0.0933. The SMILES string of the molecule is Cc1ccc(-n2nc(C(=O)NC3CCNC3)c3c2CCC3)c(C)c1.Cl. The summed E-state index contributed by atoms with van der Waals surface area (Å²) in [6.45, 7) is 6.03. The van der Waals surface area contributed by atoms with E-state index in [2.05, 4.69) is 42.7 Å². The number of rotatable bonds is 3. The largest absolute Gasteiger partial charge is 0.347 e. The number of aromatic nitrogens is 2. The van der Waals surface area contributed by atoms with Crippen molar-refractivity contribution in [1.29, 1.82) is 0 Å². The predicted octanol–water partition coefficient (Wildman–Crippen LogP) is 2.49. The van der Waals surface area contributed by atoms with Gasteiger partial charge in [-0.05, 0) is 57.7 Å². The fourth-order valence-corrected chi connectivity index (χ4v) is 3.89. The van der Waals surface area contributed by atoms with Crippen molar-refractivity contribution < 1.29 is 4.79 Å². The highest BCUT2D eigenvalue weighted by Crippen LogP contribution is 2.29. The van der Waals surface area contributed by atoms with E-state index in [0.717, 1.165) is 50.0 Å². The Kier molecular flexibility index (Phi) is 5.16. The van der Waals surface area contributed by atoms with Gasteiger partial charge in [-0.25, -0.2) is 4.68 Å². The van der Waals surface area contributed by atoms with Crippen LogP contribution in [0.5, 0.6) is 0 Å². The van der Waals surface area contributed by atoms with Crippen LogP contribution in [0.4, 0.5) is 0 Å². The first-order valence-corrected chi connectivity index (χ1v) is 8.83. The van der Waals surface area contributed by atoms with Gasteiger partial charge in [0.15, 0.2) is 5.69 Å². The van der Waals surface area contributed by atoms with Crippen LogP contribution < -0.4 is 10.6 Å². The minimum absolute atomic E-state index is 0. The van der Waals surface area contributed by atoms with Crippen LogP contribution in [-0.2, 0) is 12.8 Å². The Hall–Kier alpha value is -1.85. The third-order valence-electron chi connectivity index (χ3n) is 5.12. The average molecular weight is 361 g/mol. The van der Waals surface area contributed by atoms with E-state index in [1.54, 1.807) is 0 Å². The summed E-state index contributed by atoms with van der Waals surface area (Å²) in [6, 6.07) is 6.61. The molecular weight excluding hydrogens is 336 g/mol. The van der Waals surface area contributed by atoms with Crippen LogP contribution in [0.25, 0.3) is 5.69 Å². The number of hydrogen-bond donors (Lipinski definition) is 2. The Balaban J connectivity index is 0.00000182. The minimum atomic E-state index is -0.0228. The highest BCUT2D eigenvalue weighted by atomic mass is 35.5. The zero-order chi connectivity index (χ0) is 16.7. The molecule has 0 bridgehead atoms. The van der Waals surface area contributed by atoms with E-state index in [0.29, 0.717) is 5.69 Å². The van der Waals surface area contributed by atoms with Crippen molar-refractivity contribution in [3.05, 3.63) is 46.3 Å². The highest BCUT2D eigenvalue weighted by molar-refractivity contribution is 5.94. The van der Waals surface area contributed by atoms with Crippen LogP contribution in [0.1, 0.15) is 45.7 Å². The number of fused-ring (bicyclic) bond motifs is 1. The molecule has 1 aliphatic heterocycles. The number of halogens is 1. The van der Waals surface area contributed by atoms with E-state index >= 15 is 0 Å². The van der Waals surface area contributed by atoms with Crippen molar-refractivity contribution in [2.45, 2.75) is 45.6 Å². The minimum Gasteiger partial charge on any atom is -0.347 e. The van der Waals surface area contributed by atoms with Crippen molar-refractivity contribution in [2.75, 3.05) is 13.1 Å². The Bertz CT molecular complexity index is 793. The Morgan fingerprint density at radius 1 is 1.32 bits per heavy atom. The van der Waals surface area contributed by atoms with Gasteiger partial charge in [0, 0.05) is 23.8 Å². The second kappa shape index (κ2) is 7.18. The molecule has 2 aromatic rings. The zero-order valence-corrected chi connectivity index (χ0v) is 15.6. The fraction of sp³-hybridized carbons (Fsp3) is 0.474. The van der Waals surface area contributed by atoms with E-state index in [9.17, 15) is 4.79 Å². The molecule has 0 radical (unpaired) electrons. The lowest BCUT2D eigenvalue weighted by atomic mass is 10.1. The van der Waals surface area contributed by atoms with E-state index < -0.39 is 0 Å². The third-order valence-corrected chi connectivity index (χ3v) is 5.12. The second-order valence-electron chi connectivity index (χ2n) is 6.99. The second-order valence-corrected chi connectivity index (χ2v) is 6.99. The smallest absolute Gasteiger partial charge is 0.272 e. The highest BCUT2D eigenvalue weighted by Gasteiger charge is 2.28. The maximum Gasteiger partial charge on any atom is 0.272 e. The summed E-state index contributed by atoms with van der Waals surface area (Å²) >= 11 is 0. The lowest BCUT2D eigenvalue weighted by Crippen LogP contribution is -2.36. The first kappa shape index (κ1) is 18.0. The number of nitrogens with zero attached hydrogens (tertiary/aromatic N) is 2. The van der Waals surface area contributed by atoms with Crippen molar-refractivity contribution >= 4 is 18.3 Å². The number of aryl methyl sites for hydroxylation is 2. The topological polar surface area (TPSA) is 59.0 Å². The van der Waals surface area contributed by atoms with Crippen LogP contribution in [0, 0.1) is 13.8 Å². The number of hydrogen-bond acceptors (Lipinski definition) is 3. The van der Waals surface area contributed by atoms with Crippen molar-refractivity contribution in [3.63, 3.8) is 0 Å². The molecule has 6 heteroatoms. The molecule has 2 aliphatic rings. The molecule has 25 heavy (non-hydrogen) atoms.